The molecule has 1 aromatic heterocycles. The zero-order valence-corrected chi connectivity index (χ0v) is 22.5. The van der Waals surface area contributed by atoms with Crippen molar-refractivity contribution in [2.45, 2.75) is 87.7 Å². The first-order valence-electron chi connectivity index (χ1n) is 12.3. The van der Waals surface area contributed by atoms with Gasteiger partial charge in [0.25, 0.3) is 0 Å². The van der Waals surface area contributed by atoms with E-state index in [4.69, 9.17) is 0 Å². The Morgan fingerprint density at radius 3 is 1.79 bits per heavy atom. The van der Waals surface area contributed by atoms with E-state index in [1.165, 1.54) is 5.52 Å². The van der Waals surface area contributed by atoms with Crippen molar-refractivity contribution in [2.75, 3.05) is 4.90 Å². The fourth-order valence-corrected chi connectivity index (χ4v) is 3.23. The molecule has 0 aliphatic carbocycles. The minimum atomic E-state index is 0.219. The van der Waals surface area contributed by atoms with Crippen LogP contribution in [0, 0.1) is 11.8 Å². The lowest BCUT2D eigenvalue weighted by Gasteiger charge is -2.21. The van der Waals surface area contributed by atoms with E-state index >= 15 is 0 Å². The molecule has 1 amide bonds. The molecule has 0 saturated carbocycles. The molecule has 4 nitrogen and oxygen atoms in total. The Kier molecular flexibility index (Phi) is 11.9. The molecule has 2 heterocycles. The van der Waals surface area contributed by atoms with Crippen LogP contribution < -0.4 is 4.90 Å². The number of imidazole rings is 1. The number of nitrogens with zero attached hydrogens (tertiary/aromatic N) is 3. The number of anilines is 1. The fraction of sp³-hybridized carbons (Fsp3) is 0.517. The van der Waals surface area contributed by atoms with Crippen molar-refractivity contribution < 1.29 is 4.79 Å². The third-order valence-electron chi connectivity index (χ3n) is 4.42. The number of amides is 1. The number of benzene rings is 2. The summed E-state index contributed by atoms with van der Waals surface area (Å²) in [6.45, 7) is 21.4. The molecule has 0 spiro atoms. The van der Waals surface area contributed by atoms with E-state index in [1.54, 1.807) is 0 Å². The predicted octanol–water partition coefficient (Wildman–Crippen LogP) is 7.93. The molecule has 33 heavy (non-hydrogen) atoms. The Bertz CT molecular complexity index is 958. The number of carbonyl (C=O) groups is 1. The first-order chi connectivity index (χ1) is 15.5. The molecule has 2 aromatic carbocycles. The van der Waals surface area contributed by atoms with E-state index in [9.17, 15) is 4.79 Å². The van der Waals surface area contributed by atoms with E-state index in [2.05, 4.69) is 71.0 Å². The summed E-state index contributed by atoms with van der Waals surface area (Å²) >= 11 is 0. The molecule has 0 saturated heterocycles. The van der Waals surface area contributed by atoms with Crippen LogP contribution in [0.15, 0.2) is 54.9 Å². The van der Waals surface area contributed by atoms with Crippen molar-refractivity contribution >= 4 is 22.6 Å². The van der Waals surface area contributed by atoms with Gasteiger partial charge >= 0.3 is 0 Å². The van der Waals surface area contributed by atoms with Gasteiger partial charge in [0.05, 0.1) is 23.8 Å². The molecule has 4 heteroatoms. The minimum absolute atomic E-state index is 0.219. The van der Waals surface area contributed by atoms with Crippen molar-refractivity contribution in [1.82, 2.24) is 9.55 Å². The maximum Gasteiger partial charge on any atom is 0.231 e. The molecule has 0 bridgehead atoms. The van der Waals surface area contributed by atoms with Crippen LogP contribution in [-0.4, -0.2) is 21.5 Å². The summed E-state index contributed by atoms with van der Waals surface area (Å²) in [5, 5.41) is 0. The highest BCUT2D eigenvalue weighted by Crippen LogP contribution is 2.29. The monoisotopic (exact) mass is 451 g/mol. The quantitative estimate of drug-likeness (QED) is 0.397. The van der Waals surface area contributed by atoms with Crippen LogP contribution in [0.2, 0.25) is 0 Å². The van der Waals surface area contributed by atoms with Crippen molar-refractivity contribution in [3.63, 3.8) is 0 Å². The Morgan fingerprint density at radius 1 is 0.727 bits per heavy atom. The van der Waals surface area contributed by atoms with E-state index in [0.717, 1.165) is 28.6 Å². The highest BCUT2D eigenvalue weighted by Gasteiger charge is 2.28. The van der Waals surface area contributed by atoms with E-state index in [0.29, 0.717) is 12.5 Å². The molecule has 0 radical (unpaired) electrons. The molecule has 0 atom stereocenters. The number of carbonyl (C=O) groups excluding carboxylic acids is 1. The molecule has 1 aliphatic heterocycles. The number of para-hydroxylation sites is 3. The lowest BCUT2D eigenvalue weighted by atomic mass is 10.2. The molecule has 0 N–H and O–H groups in total. The van der Waals surface area contributed by atoms with Gasteiger partial charge in [0.2, 0.25) is 5.91 Å². The average Bonchev–Trinajstić information content (AvgIpc) is 3.27. The summed E-state index contributed by atoms with van der Waals surface area (Å²) in [6.07, 6.45) is 2.46. The van der Waals surface area contributed by atoms with Gasteiger partial charge in [-0.1, -0.05) is 71.9 Å². The molecular weight excluding hydrogens is 406 g/mol. The molecule has 4 rings (SSSR count). The predicted molar refractivity (Wildman–Crippen MR) is 144 cm³/mol. The maximum atomic E-state index is 11.6. The molecule has 3 aromatic rings. The second kappa shape index (κ2) is 13.8. The van der Waals surface area contributed by atoms with Gasteiger partial charge < -0.3 is 9.47 Å². The number of fused-ring (bicyclic) bond motifs is 2. The zero-order chi connectivity index (χ0) is 25.1. The normalized spacial score (nSPS) is 12.3. The van der Waals surface area contributed by atoms with Crippen molar-refractivity contribution in [3.8, 4) is 0 Å². The Labute approximate surface area is 202 Å². The maximum absolute atomic E-state index is 11.6. The van der Waals surface area contributed by atoms with Crippen LogP contribution in [0.25, 0.3) is 11.0 Å². The van der Waals surface area contributed by atoms with Crippen molar-refractivity contribution in [1.29, 1.82) is 0 Å². The van der Waals surface area contributed by atoms with E-state index < -0.39 is 0 Å². The molecule has 0 fully saturated rings. The summed E-state index contributed by atoms with van der Waals surface area (Å²) in [4.78, 5) is 17.8. The van der Waals surface area contributed by atoms with E-state index in [-0.39, 0.29) is 11.9 Å². The van der Waals surface area contributed by atoms with Gasteiger partial charge in [-0.15, -0.1) is 0 Å². The summed E-state index contributed by atoms with van der Waals surface area (Å²) < 4.78 is 2.18. The first kappa shape index (κ1) is 28.4. The third kappa shape index (κ3) is 9.41. The van der Waals surface area contributed by atoms with Gasteiger partial charge in [-0.25, -0.2) is 4.98 Å². The molecule has 182 valence electrons. The smallest absolute Gasteiger partial charge is 0.231 e. The van der Waals surface area contributed by atoms with Crippen LogP contribution >= 0.6 is 0 Å². The van der Waals surface area contributed by atoms with Crippen LogP contribution in [-0.2, 0) is 11.2 Å². The second-order valence-corrected chi connectivity index (χ2v) is 10.4. The highest BCUT2D eigenvalue weighted by molar-refractivity contribution is 6.01. The zero-order valence-electron chi connectivity index (χ0n) is 22.5. The summed E-state index contributed by atoms with van der Waals surface area (Å²) in [6, 6.07) is 16.9. The highest BCUT2D eigenvalue weighted by atomic mass is 16.2. The fourth-order valence-electron chi connectivity index (χ4n) is 3.23. The standard InChI is InChI=1S/C11H13NO.C10H12N2.2C4H10/c1-8(2)12-10-6-4-3-5-9(10)7-11(12)13;1-8(2)12-7-11-9-5-3-4-6-10(9)12;2*1-4(2)3/h3-6,8H,7H2,1-2H3;3-8H,1-2H3;2*4H,1-3H3. The van der Waals surface area contributed by atoms with Crippen LogP contribution in [0.4, 0.5) is 5.69 Å². The summed E-state index contributed by atoms with van der Waals surface area (Å²) in [7, 11) is 0. The minimum Gasteiger partial charge on any atom is -0.328 e. The number of hydrogen-bond acceptors (Lipinski definition) is 2. The summed E-state index contributed by atoms with van der Waals surface area (Å²) in [5.74, 6) is 1.89. The third-order valence-corrected chi connectivity index (χ3v) is 4.42. The van der Waals surface area contributed by atoms with Gasteiger partial charge in [0, 0.05) is 17.8 Å². The first-order valence-corrected chi connectivity index (χ1v) is 12.3. The number of aromatic nitrogens is 2. The lowest BCUT2D eigenvalue weighted by molar-refractivity contribution is -0.117. The van der Waals surface area contributed by atoms with Crippen LogP contribution in [0.3, 0.4) is 0 Å². The Balaban J connectivity index is 0.000000252. The van der Waals surface area contributed by atoms with Crippen LogP contribution in [0.5, 0.6) is 0 Å². The molecule has 0 unspecified atom stereocenters. The largest absolute Gasteiger partial charge is 0.328 e. The van der Waals surface area contributed by atoms with E-state index in [1.807, 2.05) is 67.5 Å². The van der Waals surface area contributed by atoms with Crippen LogP contribution in [0.1, 0.15) is 80.8 Å². The van der Waals surface area contributed by atoms with Gasteiger partial charge in [-0.2, -0.15) is 0 Å². The van der Waals surface area contributed by atoms with Crippen molar-refractivity contribution in [2.24, 2.45) is 11.8 Å². The Hall–Kier alpha value is -2.62. The average molecular weight is 452 g/mol. The summed E-state index contributed by atoms with van der Waals surface area (Å²) in [5.41, 5.74) is 4.53. The van der Waals surface area contributed by atoms with Gasteiger partial charge in [0.15, 0.2) is 0 Å². The number of hydrogen-bond donors (Lipinski definition) is 0. The Morgan fingerprint density at radius 2 is 1.24 bits per heavy atom. The van der Waals surface area contributed by atoms with Crippen molar-refractivity contribution in [3.05, 3.63) is 60.4 Å². The number of rotatable bonds is 2. The van der Waals surface area contributed by atoms with Gasteiger partial charge in [-0.05, 0) is 63.3 Å². The molecular formula is C29H45N3O. The van der Waals surface area contributed by atoms with Gasteiger partial charge in [-0.3, -0.25) is 4.79 Å². The second-order valence-electron chi connectivity index (χ2n) is 10.4. The van der Waals surface area contributed by atoms with Gasteiger partial charge in [0.1, 0.15) is 0 Å². The molecule has 1 aliphatic rings. The SMILES string of the molecule is CC(C)C.CC(C)C.CC(C)N1C(=O)Cc2ccccc21.CC(C)n1cnc2ccccc21. The lowest BCUT2D eigenvalue weighted by Crippen LogP contribution is -2.33. The topological polar surface area (TPSA) is 38.1 Å².